The summed E-state index contributed by atoms with van der Waals surface area (Å²) in [4.78, 5) is 4.05. The van der Waals surface area contributed by atoms with Gasteiger partial charge in [-0.05, 0) is 12.5 Å². The second-order valence-corrected chi connectivity index (χ2v) is 1.49. The van der Waals surface area contributed by atoms with Crippen LogP contribution in [0.25, 0.3) is 0 Å². The number of allylic oxidation sites excluding steroid dienone is 1. The summed E-state index contributed by atoms with van der Waals surface area (Å²) in [6.45, 7) is 0.951. The molecule has 0 saturated heterocycles. The largest absolute Gasteiger partial charge is 0.297 e. The van der Waals surface area contributed by atoms with Crippen molar-refractivity contribution in [2.45, 2.75) is 12.8 Å². The van der Waals surface area contributed by atoms with Gasteiger partial charge in [0, 0.05) is 19.2 Å². The fourth-order valence-electron chi connectivity index (χ4n) is 0.533. The third-order valence-corrected chi connectivity index (χ3v) is 0.885. The van der Waals surface area contributed by atoms with Crippen molar-refractivity contribution < 1.29 is 0 Å². The summed E-state index contributed by atoms with van der Waals surface area (Å²) < 4.78 is 0. The molecule has 7 heavy (non-hydrogen) atoms. The summed E-state index contributed by atoms with van der Waals surface area (Å²) in [7, 11) is 0. The Labute approximate surface area is 43.8 Å². The maximum atomic E-state index is 4.05. The lowest BCUT2D eigenvalue weighted by Crippen LogP contribution is -1.71. The Kier molecular flexibility index (Phi) is 1.67. The van der Waals surface area contributed by atoms with Crippen LogP contribution < -0.4 is 0 Å². The number of hydrogen-bond donors (Lipinski definition) is 0. The van der Waals surface area contributed by atoms with Crippen molar-refractivity contribution >= 4 is 6.21 Å². The van der Waals surface area contributed by atoms with Gasteiger partial charge in [0.1, 0.15) is 0 Å². The van der Waals surface area contributed by atoms with E-state index in [0.717, 1.165) is 19.4 Å². The molecule has 0 aliphatic carbocycles. The average Bonchev–Trinajstić information content (AvgIpc) is 1.90. The van der Waals surface area contributed by atoms with E-state index < -0.39 is 0 Å². The first kappa shape index (κ1) is 4.57. The first-order valence-corrected chi connectivity index (χ1v) is 2.53. The fraction of sp³-hybridized carbons (Fsp3) is 0.500. The average molecular weight is 94.1 g/mol. The van der Waals surface area contributed by atoms with E-state index in [0.29, 0.717) is 0 Å². The predicted octanol–water partition coefficient (Wildman–Crippen LogP) is 1.21. The van der Waals surface area contributed by atoms with Crippen molar-refractivity contribution in [1.29, 1.82) is 0 Å². The van der Waals surface area contributed by atoms with E-state index in [-0.39, 0.29) is 0 Å². The molecule has 1 nitrogen and oxygen atoms in total. The highest BCUT2D eigenvalue weighted by molar-refractivity contribution is 5.58. The van der Waals surface area contributed by atoms with E-state index in [2.05, 4.69) is 11.1 Å². The predicted molar refractivity (Wildman–Crippen MR) is 30.4 cm³/mol. The van der Waals surface area contributed by atoms with Crippen molar-refractivity contribution in [1.82, 2.24) is 0 Å². The van der Waals surface area contributed by atoms with Crippen LogP contribution in [-0.2, 0) is 0 Å². The van der Waals surface area contributed by atoms with Gasteiger partial charge in [-0.1, -0.05) is 6.08 Å². The van der Waals surface area contributed by atoms with Crippen LogP contribution in [0, 0.1) is 6.08 Å². The summed E-state index contributed by atoms with van der Waals surface area (Å²) in [6.07, 6.45) is 9.00. The standard InChI is InChI=1S/C6H8N/c1-2-4-6-7-5-3-1/h1,6H,3-5H2. The van der Waals surface area contributed by atoms with Crippen molar-refractivity contribution in [3.63, 3.8) is 0 Å². The van der Waals surface area contributed by atoms with Crippen LogP contribution in [0.5, 0.6) is 0 Å². The molecule has 0 amide bonds. The number of hydrogen-bond acceptors (Lipinski definition) is 1. The minimum atomic E-state index is 0.903. The van der Waals surface area contributed by atoms with E-state index in [9.17, 15) is 0 Å². The zero-order chi connectivity index (χ0) is 4.95. The zero-order valence-electron chi connectivity index (χ0n) is 4.22. The van der Waals surface area contributed by atoms with Crippen LogP contribution >= 0.6 is 0 Å². The Morgan fingerprint density at radius 3 is 3.57 bits per heavy atom. The lowest BCUT2D eigenvalue weighted by Gasteiger charge is -1.77. The molecule has 1 aliphatic heterocycles. The lowest BCUT2D eigenvalue weighted by atomic mass is 10.4. The molecule has 1 aliphatic rings. The molecule has 0 saturated carbocycles. The fourth-order valence-corrected chi connectivity index (χ4v) is 0.533. The minimum Gasteiger partial charge on any atom is -0.297 e. The van der Waals surface area contributed by atoms with Gasteiger partial charge in [0.05, 0.1) is 0 Å². The van der Waals surface area contributed by atoms with E-state index in [1.807, 2.05) is 12.3 Å². The first-order chi connectivity index (χ1) is 3.50. The van der Waals surface area contributed by atoms with Crippen LogP contribution in [0.15, 0.2) is 11.1 Å². The second kappa shape index (κ2) is 2.56. The van der Waals surface area contributed by atoms with E-state index in [1.54, 1.807) is 0 Å². The molecule has 1 heteroatoms. The van der Waals surface area contributed by atoms with Crippen LogP contribution in [0.4, 0.5) is 0 Å². The third-order valence-electron chi connectivity index (χ3n) is 0.885. The summed E-state index contributed by atoms with van der Waals surface area (Å²) in [5, 5.41) is 0. The summed E-state index contributed by atoms with van der Waals surface area (Å²) >= 11 is 0. The van der Waals surface area contributed by atoms with Crippen LogP contribution in [0.3, 0.4) is 0 Å². The Morgan fingerprint density at radius 2 is 2.57 bits per heavy atom. The van der Waals surface area contributed by atoms with Gasteiger partial charge in [0.15, 0.2) is 0 Å². The molecule has 0 aromatic carbocycles. The molecule has 0 spiro atoms. The molecule has 0 unspecified atom stereocenters. The van der Waals surface area contributed by atoms with Gasteiger partial charge in [-0.25, -0.2) is 0 Å². The normalized spacial score (nSPS) is 19.4. The zero-order valence-corrected chi connectivity index (χ0v) is 4.22. The quantitative estimate of drug-likeness (QED) is 0.428. The maximum absolute atomic E-state index is 4.05. The number of rotatable bonds is 0. The lowest BCUT2D eigenvalue weighted by molar-refractivity contribution is 1.02. The molecule has 0 atom stereocenters. The van der Waals surface area contributed by atoms with E-state index in [1.165, 1.54) is 0 Å². The number of nitrogens with zero attached hydrogens (tertiary/aromatic N) is 1. The van der Waals surface area contributed by atoms with Gasteiger partial charge in [0.2, 0.25) is 0 Å². The molecular weight excluding hydrogens is 86.1 g/mol. The van der Waals surface area contributed by atoms with Gasteiger partial charge in [-0.3, -0.25) is 4.99 Å². The summed E-state index contributed by atoms with van der Waals surface area (Å²) in [6, 6.07) is 0. The molecule has 1 radical (unpaired) electrons. The molecule has 1 rings (SSSR count). The van der Waals surface area contributed by atoms with Crippen molar-refractivity contribution in [3.8, 4) is 0 Å². The molecule has 0 aromatic heterocycles. The smallest absolute Gasteiger partial charge is 0.0420 e. The van der Waals surface area contributed by atoms with Gasteiger partial charge in [-0.15, -0.1) is 0 Å². The molecule has 0 fully saturated rings. The molecule has 0 aromatic rings. The highest BCUT2D eigenvalue weighted by Gasteiger charge is 1.80. The van der Waals surface area contributed by atoms with Crippen LogP contribution in [0.2, 0.25) is 0 Å². The van der Waals surface area contributed by atoms with Gasteiger partial charge in [0.25, 0.3) is 0 Å². The van der Waals surface area contributed by atoms with Gasteiger partial charge >= 0.3 is 0 Å². The third kappa shape index (κ3) is 1.53. The topological polar surface area (TPSA) is 12.4 Å². The van der Waals surface area contributed by atoms with Gasteiger partial charge < -0.3 is 0 Å². The molecule has 0 N–H and O–H groups in total. The summed E-state index contributed by atoms with van der Waals surface area (Å²) in [5.41, 5.74) is 0. The SMILES string of the molecule is [C]1=CCCN=CC1. The van der Waals surface area contributed by atoms with E-state index in [4.69, 9.17) is 0 Å². The molecule has 0 bridgehead atoms. The summed E-state index contributed by atoms with van der Waals surface area (Å²) in [5.74, 6) is 0. The minimum absolute atomic E-state index is 0.903. The van der Waals surface area contributed by atoms with E-state index >= 15 is 0 Å². The molecule has 1 heterocycles. The van der Waals surface area contributed by atoms with Gasteiger partial charge in [-0.2, -0.15) is 0 Å². The van der Waals surface area contributed by atoms with Crippen molar-refractivity contribution in [2.24, 2.45) is 4.99 Å². The van der Waals surface area contributed by atoms with Crippen LogP contribution in [0.1, 0.15) is 12.8 Å². The Bertz CT molecular complexity index is 80.4. The molecular formula is C6H8N. The molecule has 37 valence electrons. The highest BCUT2D eigenvalue weighted by atomic mass is 14.7. The monoisotopic (exact) mass is 94.1 g/mol. The van der Waals surface area contributed by atoms with Crippen molar-refractivity contribution in [3.05, 3.63) is 12.2 Å². The Balaban J connectivity index is 2.38. The second-order valence-electron chi connectivity index (χ2n) is 1.49. The van der Waals surface area contributed by atoms with Crippen molar-refractivity contribution in [2.75, 3.05) is 6.54 Å². The Hall–Kier alpha value is -0.590. The van der Waals surface area contributed by atoms with Crippen LogP contribution in [-0.4, -0.2) is 12.8 Å². The number of aliphatic imine (C=N–C) groups is 1. The highest BCUT2D eigenvalue weighted by Crippen LogP contribution is 1.89. The Morgan fingerprint density at radius 1 is 1.57 bits per heavy atom. The maximum Gasteiger partial charge on any atom is 0.0420 e. The first-order valence-electron chi connectivity index (χ1n) is 2.53.